The summed E-state index contributed by atoms with van der Waals surface area (Å²) in [5.74, 6) is -2.10. The quantitative estimate of drug-likeness (QED) is 0.603. The van der Waals surface area contributed by atoms with E-state index in [0.717, 1.165) is 12.1 Å². The third kappa shape index (κ3) is 3.77. The summed E-state index contributed by atoms with van der Waals surface area (Å²) in [7, 11) is 1.28. The topological polar surface area (TPSA) is 90.6 Å². The molecule has 1 aliphatic heterocycles. The van der Waals surface area contributed by atoms with Crippen molar-refractivity contribution in [2.24, 2.45) is 5.73 Å². The van der Waals surface area contributed by atoms with Crippen molar-refractivity contribution in [1.82, 2.24) is 19.4 Å². The second kappa shape index (κ2) is 8.53. The van der Waals surface area contributed by atoms with Gasteiger partial charge in [0, 0.05) is 30.8 Å². The lowest BCUT2D eigenvalue weighted by atomic mass is 10.2. The Labute approximate surface area is 187 Å². The minimum absolute atomic E-state index is 0.0818. The Balaban J connectivity index is 1.89. The number of carbonyl (C=O) groups excluding carboxylic acids is 1. The smallest absolute Gasteiger partial charge is 0.275 e. The number of rotatable bonds is 4. The minimum Gasteiger partial charge on any atom is -0.479 e. The molecule has 1 aliphatic rings. The highest BCUT2D eigenvalue weighted by Gasteiger charge is 2.31. The molecule has 11 heteroatoms. The Bertz CT molecular complexity index is 1260. The van der Waals surface area contributed by atoms with Gasteiger partial charge in [-0.2, -0.15) is 0 Å². The third-order valence-corrected chi connectivity index (χ3v) is 5.45. The summed E-state index contributed by atoms with van der Waals surface area (Å²) < 4.78 is 34.8. The number of ether oxygens (including phenoxy) is 1. The van der Waals surface area contributed by atoms with Crippen LogP contribution in [0.1, 0.15) is 16.9 Å². The molecule has 0 spiro atoms. The number of hydrogen-bond donors (Lipinski definition) is 1. The van der Waals surface area contributed by atoms with Gasteiger partial charge >= 0.3 is 0 Å². The second-order valence-electron chi connectivity index (χ2n) is 7.17. The number of pyridine rings is 1. The average molecular weight is 459 g/mol. The van der Waals surface area contributed by atoms with Crippen LogP contribution in [-0.2, 0) is 0 Å². The lowest BCUT2D eigenvalue weighted by Crippen LogP contribution is -2.32. The van der Waals surface area contributed by atoms with Crippen LogP contribution in [0.4, 0.5) is 14.5 Å². The SMILES string of the molecule is [C-]#[N+]c1ccc(-c2nc(C(=O)N3CC[C@@H](N)C3)c(Cl)n2-c2cnc(OC)c(F)c2)cc1F. The summed E-state index contributed by atoms with van der Waals surface area (Å²) in [5, 5.41) is -0.0912. The molecule has 1 aromatic carbocycles. The number of methoxy groups -OCH3 is 1. The predicted molar refractivity (Wildman–Crippen MR) is 113 cm³/mol. The fourth-order valence-corrected chi connectivity index (χ4v) is 3.81. The number of imidazole rings is 1. The molecule has 1 fully saturated rings. The first-order valence-electron chi connectivity index (χ1n) is 9.54. The summed E-state index contributed by atoms with van der Waals surface area (Å²) in [6.07, 6.45) is 1.94. The summed E-state index contributed by atoms with van der Waals surface area (Å²) in [6, 6.07) is 4.84. The lowest BCUT2D eigenvalue weighted by Gasteiger charge is -2.14. The number of likely N-dealkylation sites (tertiary alicyclic amines) is 1. The van der Waals surface area contributed by atoms with Crippen LogP contribution in [-0.4, -0.2) is 51.6 Å². The molecule has 0 unspecified atom stereocenters. The van der Waals surface area contributed by atoms with Gasteiger partial charge < -0.3 is 15.4 Å². The minimum atomic E-state index is -0.763. The van der Waals surface area contributed by atoms with Gasteiger partial charge in [-0.1, -0.05) is 23.7 Å². The molecule has 164 valence electrons. The number of nitrogens with two attached hydrogens (primary N) is 1. The van der Waals surface area contributed by atoms with Crippen LogP contribution in [0.3, 0.4) is 0 Å². The molecule has 1 saturated heterocycles. The number of hydrogen-bond acceptors (Lipinski definition) is 5. The van der Waals surface area contributed by atoms with Gasteiger partial charge in [0.05, 0.1) is 25.6 Å². The molecule has 0 aliphatic carbocycles. The number of amides is 1. The zero-order chi connectivity index (χ0) is 23.0. The van der Waals surface area contributed by atoms with Crippen LogP contribution in [0.5, 0.6) is 5.88 Å². The van der Waals surface area contributed by atoms with Crippen molar-refractivity contribution in [1.29, 1.82) is 0 Å². The highest BCUT2D eigenvalue weighted by Crippen LogP contribution is 2.33. The number of aromatic nitrogens is 3. The van der Waals surface area contributed by atoms with Crippen molar-refractivity contribution in [2.45, 2.75) is 12.5 Å². The molecule has 0 radical (unpaired) electrons. The van der Waals surface area contributed by atoms with Crippen molar-refractivity contribution in [2.75, 3.05) is 20.2 Å². The molecule has 2 aromatic heterocycles. The van der Waals surface area contributed by atoms with Gasteiger partial charge in [0.1, 0.15) is 16.8 Å². The number of carbonyl (C=O) groups is 1. The first-order chi connectivity index (χ1) is 15.3. The molecular formula is C21H17ClF2N6O2. The number of nitrogens with zero attached hydrogens (tertiary/aromatic N) is 5. The summed E-state index contributed by atoms with van der Waals surface area (Å²) in [4.78, 5) is 26.0. The van der Waals surface area contributed by atoms with E-state index in [-0.39, 0.29) is 45.5 Å². The maximum absolute atomic E-state index is 14.4. The van der Waals surface area contributed by atoms with E-state index in [1.165, 1.54) is 34.9 Å². The Morgan fingerprint density at radius 2 is 2.12 bits per heavy atom. The molecule has 3 heterocycles. The third-order valence-electron chi connectivity index (χ3n) is 5.11. The molecule has 0 bridgehead atoms. The fraction of sp³-hybridized carbons (Fsp3) is 0.238. The van der Waals surface area contributed by atoms with Gasteiger partial charge in [0.25, 0.3) is 5.91 Å². The molecular weight excluding hydrogens is 442 g/mol. The molecule has 1 atom stereocenters. The molecule has 2 N–H and O–H groups in total. The molecule has 3 aromatic rings. The van der Waals surface area contributed by atoms with E-state index in [4.69, 9.17) is 28.6 Å². The second-order valence-corrected chi connectivity index (χ2v) is 7.53. The van der Waals surface area contributed by atoms with Crippen molar-refractivity contribution < 1.29 is 18.3 Å². The maximum Gasteiger partial charge on any atom is 0.275 e. The van der Waals surface area contributed by atoms with Crippen molar-refractivity contribution in [3.8, 4) is 23.0 Å². The van der Waals surface area contributed by atoms with Crippen molar-refractivity contribution in [3.05, 3.63) is 64.4 Å². The van der Waals surface area contributed by atoms with Crippen molar-refractivity contribution in [3.63, 3.8) is 0 Å². The average Bonchev–Trinajstić information content (AvgIpc) is 3.36. The van der Waals surface area contributed by atoms with E-state index in [1.807, 2.05) is 0 Å². The van der Waals surface area contributed by atoms with Gasteiger partial charge in [-0.25, -0.2) is 23.6 Å². The molecule has 8 nitrogen and oxygen atoms in total. The van der Waals surface area contributed by atoms with Crippen LogP contribution >= 0.6 is 11.6 Å². The summed E-state index contributed by atoms with van der Waals surface area (Å²) in [5.41, 5.74) is 6.05. The predicted octanol–water partition coefficient (Wildman–Crippen LogP) is 3.60. The summed E-state index contributed by atoms with van der Waals surface area (Å²) >= 11 is 6.55. The van der Waals surface area contributed by atoms with Gasteiger partial charge in [-0.15, -0.1) is 0 Å². The van der Waals surface area contributed by atoms with E-state index in [2.05, 4.69) is 14.8 Å². The standard InChI is InChI=1S/C21H17ClF2N6O2/c1-26-16-4-3-11(7-14(16)23)19-28-17(21(31)29-6-5-12(25)10-29)18(22)30(19)13-8-15(24)20(32-2)27-9-13/h3-4,7-9,12H,5-6,10,25H2,2H3/t12-/m1/s1. The van der Waals surface area contributed by atoms with E-state index in [9.17, 15) is 13.6 Å². The van der Waals surface area contributed by atoms with E-state index < -0.39 is 17.5 Å². The van der Waals surface area contributed by atoms with Crippen molar-refractivity contribution >= 4 is 23.2 Å². The Morgan fingerprint density at radius 1 is 1.34 bits per heavy atom. The Morgan fingerprint density at radius 3 is 2.72 bits per heavy atom. The molecule has 4 rings (SSSR count). The van der Waals surface area contributed by atoms with Crippen LogP contribution < -0.4 is 10.5 Å². The maximum atomic E-state index is 14.4. The fourth-order valence-electron chi connectivity index (χ4n) is 3.51. The van der Waals surface area contributed by atoms with Crippen LogP contribution in [0.2, 0.25) is 5.15 Å². The lowest BCUT2D eigenvalue weighted by molar-refractivity contribution is 0.0786. The van der Waals surface area contributed by atoms with E-state index >= 15 is 0 Å². The normalized spacial score (nSPS) is 15.6. The monoisotopic (exact) mass is 458 g/mol. The van der Waals surface area contributed by atoms with Crippen LogP contribution in [0.15, 0.2) is 30.5 Å². The van der Waals surface area contributed by atoms with Gasteiger partial charge in [0.15, 0.2) is 11.5 Å². The van der Waals surface area contributed by atoms with E-state index in [0.29, 0.717) is 19.5 Å². The highest BCUT2D eigenvalue weighted by atomic mass is 35.5. The van der Waals surface area contributed by atoms with E-state index in [1.54, 1.807) is 0 Å². The van der Waals surface area contributed by atoms with Crippen LogP contribution in [0, 0.1) is 18.2 Å². The Kier molecular flexibility index (Phi) is 5.78. The first kappa shape index (κ1) is 21.7. The first-order valence-corrected chi connectivity index (χ1v) is 9.92. The zero-order valence-electron chi connectivity index (χ0n) is 16.8. The molecule has 32 heavy (non-hydrogen) atoms. The Hall–Kier alpha value is -3.55. The van der Waals surface area contributed by atoms with Crippen LogP contribution in [0.25, 0.3) is 21.9 Å². The van der Waals surface area contributed by atoms with Gasteiger partial charge in [0.2, 0.25) is 11.6 Å². The largest absolute Gasteiger partial charge is 0.479 e. The number of halogens is 3. The molecule has 0 saturated carbocycles. The van der Waals surface area contributed by atoms with Gasteiger partial charge in [-0.3, -0.25) is 9.36 Å². The van der Waals surface area contributed by atoms with Gasteiger partial charge in [-0.05, 0) is 12.5 Å². The zero-order valence-corrected chi connectivity index (χ0v) is 17.6. The summed E-state index contributed by atoms with van der Waals surface area (Å²) in [6.45, 7) is 7.83. The number of benzene rings is 1. The highest BCUT2D eigenvalue weighted by molar-refractivity contribution is 6.33. The molecule has 1 amide bonds.